The van der Waals surface area contributed by atoms with Gasteiger partial charge in [0.2, 0.25) is 0 Å². The Morgan fingerprint density at radius 2 is 1.85 bits per heavy atom. The highest BCUT2D eigenvalue weighted by Crippen LogP contribution is 2.46. The molecule has 3 heterocycles. The van der Waals surface area contributed by atoms with Crippen molar-refractivity contribution in [1.82, 2.24) is 20.2 Å². The molecule has 0 atom stereocenters. The lowest BCUT2D eigenvalue weighted by Crippen LogP contribution is -2.41. The molecule has 2 aliphatic heterocycles. The van der Waals surface area contributed by atoms with Gasteiger partial charge in [-0.2, -0.15) is 0 Å². The Hall–Kier alpha value is -0.660. The van der Waals surface area contributed by atoms with Gasteiger partial charge in [0.25, 0.3) is 0 Å². The summed E-state index contributed by atoms with van der Waals surface area (Å²) in [7, 11) is 0. The Balaban J connectivity index is 0.00000121. The molecule has 0 amide bonds. The van der Waals surface area contributed by atoms with Gasteiger partial charge in [-0.05, 0) is 32.7 Å². The van der Waals surface area contributed by atoms with Gasteiger partial charge in [-0.1, -0.05) is 0 Å². The van der Waals surface area contributed by atoms with Gasteiger partial charge in [-0.3, -0.25) is 4.90 Å². The zero-order chi connectivity index (χ0) is 16.4. The molecular formula is C18H31Cl2N5O. The zero-order valence-corrected chi connectivity index (χ0v) is 17.2. The van der Waals surface area contributed by atoms with Gasteiger partial charge in [0.05, 0.1) is 18.9 Å². The second kappa shape index (κ2) is 9.51. The molecule has 4 rings (SSSR count). The Bertz CT molecular complexity index is 591. The molecule has 3 aliphatic rings. The predicted octanol–water partition coefficient (Wildman–Crippen LogP) is 1.84. The molecule has 2 N–H and O–H groups in total. The number of nitrogens with one attached hydrogen (secondary N) is 2. The fourth-order valence-corrected chi connectivity index (χ4v) is 3.89. The van der Waals surface area contributed by atoms with Crippen molar-refractivity contribution in [2.45, 2.75) is 32.6 Å². The Labute approximate surface area is 168 Å². The summed E-state index contributed by atoms with van der Waals surface area (Å²) < 4.78 is 5.47. The minimum Gasteiger partial charge on any atom is -0.379 e. The molecule has 1 aromatic heterocycles. The Morgan fingerprint density at radius 1 is 1.12 bits per heavy atom. The highest BCUT2D eigenvalue weighted by molar-refractivity contribution is 5.85. The number of morpholine rings is 1. The van der Waals surface area contributed by atoms with Crippen molar-refractivity contribution in [3.05, 3.63) is 17.1 Å². The molecule has 6 nitrogen and oxygen atoms in total. The van der Waals surface area contributed by atoms with Crippen LogP contribution in [0.25, 0.3) is 0 Å². The largest absolute Gasteiger partial charge is 0.379 e. The normalized spacial score (nSPS) is 21.6. The molecular weight excluding hydrogens is 373 g/mol. The van der Waals surface area contributed by atoms with Crippen LogP contribution in [0.1, 0.15) is 29.9 Å². The van der Waals surface area contributed by atoms with Gasteiger partial charge >= 0.3 is 0 Å². The van der Waals surface area contributed by atoms with Crippen molar-refractivity contribution in [3.63, 3.8) is 0 Å². The summed E-state index contributed by atoms with van der Waals surface area (Å²) >= 11 is 0. The van der Waals surface area contributed by atoms with E-state index >= 15 is 0 Å². The first-order valence-electron chi connectivity index (χ1n) is 9.35. The highest BCUT2D eigenvalue weighted by atomic mass is 35.5. The van der Waals surface area contributed by atoms with E-state index in [2.05, 4.69) is 20.5 Å². The third kappa shape index (κ3) is 5.20. The maximum atomic E-state index is 5.47. The van der Waals surface area contributed by atoms with Gasteiger partial charge in [0, 0.05) is 50.1 Å². The first-order valence-corrected chi connectivity index (χ1v) is 9.35. The first-order chi connectivity index (χ1) is 11.7. The summed E-state index contributed by atoms with van der Waals surface area (Å²) in [6.45, 7) is 10.2. The number of nitrogens with zero attached hydrogens (tertiary/aromatic N) is 3. The van der Waals surface area contributed by atoms with Crippen LogP contribution >= 0.6 is 24.8 Å². The molecule has 0 aromatic carbocycles. The van der Waals surface area contributed by atoms with Crippen molar-refractivity contribution in [3.8, 4) is 0 Å². The maximum absolute atomic E-state index is 5.47. The topological polar surface area (TPSA) is 62.3 Å². The molecule has 148 valence electrons. The summed E-state index contributed by atoms with van der Waals surface area (Å²) in [5, 5.41) is 7.16. The smallest absolute Gasteiger partial charge is 0.133 e. The third-order valence-corrected chi connectivity index (χ3v) is 5.55. The summed E-state index contributed by atoms with van der Waals surface area (Å²) in [6.07, 6.45) is 4.68. The van der Waals surface area contributed by atoms with Gasteiger partial charge in [0.15, 0.2) is 0 Å². The number of rotatable bonds is 5. The quantitative estimate of drug-likeness (QED) is 0.781. The van der Waals surface area contributed by atoms with Gasteiger partial charge in [-0.15, -0.1) is 24.8 Å². The van der Waals surface area contributed by atoms with Crippen LogP contribution in [-0.4, -0.2) is 67.4 Å². The van der Waals surface area contributed by atoms with E-state index in [1.165, 1.54) is 30.6 Å². The second-order valence-electron chi connectivity index (χ2n) is 7.54. The average Bonchev–Trinajstić information content (AvgIpc) is 3.37. The second-order valence-corrected chi connectivity index (χ2v) is 7.54. The van der Waals surface area contributed by atoms with Gasteiger partial charge < -0.3 is 15.4 Å². The van der Waals surface area contributed by atoms with Crippen LogP contribution in [0.15, 0.2) is 0 Å². The zero-order valence-electron chi connectivity index (χ0n) is 15.6. The molecule has 1 saturated carbocycles. The average molecular weight is 404 g/mol. The van der Waals surface area contributed by atoms with Crippen LogP contribution in [0, 0.1) is 12.3 Å². The van der Waals surface area contributed by atoms with Crippen LogP contribution < -0.4 is 10.6 Å². The summed E-state index contributed by atoms with van der Waals surface area (Å²) in [6, 6.07) is 0. The molecule has 8 heteroatoms. The van der Waals surface area contributed by atoms with Crippen LogP contribution in [-0.2, 0) is 17.6 Å². The monoisotopic (exact) mass is 403 g/mol. The van der Waals surface area contributed by atoms with E-state index in [0.717, 1.165) is 70.4 Å². The number of anilines is 1. The van der Waals surface area contributed by atoms with Crippen molar-refractivity contribution < 1.29 is 4.74 Å². The minimum atomic E-state index is 0. The lowest BCUT2D eigenvalue weighted by molar-refractivity contribution is 0.0294. The summed E-state index contributed by atoms with van der Waals surface area (Å²) in [5.41, 5.74) is 2.99. The van der Waals surface area contributed by atoms with Crippen molar-refractivity contribution in [2.24, 2.45) is 5.41 Å². The van der Waals surface area contributed by atoms with E-state index in [1.54, 1.807) is 0 Å². The number of halogens is 2. The van der Waals surface area contributed by atoms with Crippen LogP contribution in [0.2, 0.25) is 0 Å². The summed E-state index contributed by atoms with van der Waals surface area (Å²) in [4.78, 5) is 12.0. The molecule has 1 aliphatic carbocycles. The highest BCUT2D eigenvalue weighted by Gasteiger charge is 2.44. The first kappa shape index (κ1) is 21.6. The number of hydrogen-bond donors (Lipinski definition) is 2. The molecule has 1 saturated heterocycles. The molecule has 0 bridgehead atoms. The number of hydrogen-bond acceptors (Lipinski definition) is 6. The van der Waals surface area contributed by atoms with Crippen LogP contribution in [0.3, 0.4) is 0 Å². The van der Waals surface area contributed by atoms with E-state index < -0.39 is 0 Å². The van der Waals surface area contributed by atoms with Crippen LogP contribution in [0.5, 0.6) is 0 Å². The van der Waals surface area contributed by atoms with Gasteiger partial charge in [-0.25, -0.2) is 9.97 Å². The van der Waals surface area contributed by atoms with E-state index in [1.807, 2.05) is 6.92 Å². The number of ether oxygens (including phenoxy) is 1. The van der Waals surface area contributed by atoms with E-state index in [9.17, 15) is 0 Å². The van der Waals surface area contributed by atoms with E-state index in [-0.39, 0.29) is 24.8 Å². The molecule has 0 spiro atoms. The number of aryl methyl sites for hydroxylation is 1. The lowest BCUT2D eigenvalue weighted by Gasteiger charge is -2.31. The standard InChI is InChI=1S/C18H29N5O.2ClH/c1-14-21-16-3-7-19-6-2-15(16)17(22-14)20-12-18(4-5-18)13-23-8-10-24-11-9-23;;/h19H,2-13H2,1H3,(H,20,21,22);2*1H. The van der Waals surface area contributed by atoms with Crippen LogP contribution in [0.4, 0.5) is 5.82 Å². The molecule has 26 heavy (non-hydrogen) atoms. The van der Waals surface area contributed by atoms with E-state index in [0.29, 0.717) is 5.41 Å². The lowest BCUT2D eigenvalue weighted by atomic mass is 10.1. The molecule has 0 radical (unpaired) electrons. The SMILES string of the molecule is Cc1nc2c(c(NCC3(CN4CCOCC4)CC3)n1)CCNCC2.Cl.Cl. The molecule has 1 aromatic rings. The van der Waals surface area contributed by atoms with Crippen molar-refractivity contribution in [1.29, 1.82) is 0 Å². The minimum absolute atomic E-state index is 0. The maximum Gasteiger partial charge on any atom is 0.133 e. The fraction of sp³-hybridized carbons (Fsp3) is 0.778. The van der Waals surface area contributed by atoms with E-state index in [4.69, 9.17) is 9.72 Å². The van der Waals surface area contributed by atoms with Crippen molar-refractivity contribution in [2.75, 3.05) is 57.8 Å². The fourth-order valence-electron chi connectivity index (χ4n) is 3.89. The molecule has 0 unspecified atom stereocenters. The number of fused-ring (bicyclic) bond motifs is 1. The Kier molecular flexibility index (Phi) is 7.91. The third-order valence-electron chi connectivity index (χ3n) is 5.55. The number of aromatic nitrogens is 2. The summed E-state index contributed by atoms with van der Waals surface area (Å²) in [5.74, 6) is 1.96. The molecule has 2 fully saturated rings. The van der Waals surface area contributed by atoms with Gasteiger partial charge in [0.1, 0.15) is 11.6 Å². The predicted molar refractivity (Wildman–Crippen MR) is 109 cm³/mol. The Morgan fingerprint density at radius 3 is 2.58 bits per heavy atom. The van der Waals surface area contributed by atoms with Crippen molar-refractivity contribution >= 4 is 30.6 Å².